The van der Waals surface area contributed by atoms with Crippen LogP contribution >= 0.6 is 11.3 Å². The van der Waals surface area contributed by atoms with E-state index in [2.05, 4.69) is 10.3 Å². The van der Waals surface area contributed by atoms with Gasteiger partial charge in [-0.25, -0.2) is 4.98 Å². The van der Waals surface area contributed by atoms with E-state index >= 15 is 0 Å². The number of para-hydroxylation sites is 2. The molecule has 3 heterocycles. The van der Waals surface area contributed by atoms with Gasteiger partial charge in [0.15, 0.2) is 0 Å². The van der Waals surface area contributed by atoms with Crippen molar-refractivity contribution in [3.8, 4) is 11.4 Å². The SMILES string of the molecule is Cc1cc(C)c2c(-n3cccc3)c(C(=O)Nc3ccccc3O)sc2n1. The van der Waals surface area contributed by atoms with Gasteiger partial charge in [0.25, 0.3) is 5.91 Å². The Morgan fingerprint density at radius 2 is 1.88 bits per heavy atom. The van der Waals surface area contributed by atoms with Crippen molar-refractivity contribution in [3.05, 3.63) is 71.0 Å². The Labute approximate surface area is 154 Å². The molecule has 26 heavy (non-hydrogen) atoms. The first-order valence-electron chi connectivity index (χ1n) is 8.18. The molecule has 4 aromatic rings. The third-order valence-electron chi connectivity index (χ3n) is 4.18. The molecule has 0 saturated carbocycles. The normalized spacial score (nSPS) is 11.0. The Hall–Kier alpha value is -3.12. The number of hydrogen-bond donors (Lipinski definition) is 2. The van der Waals surface area contributed by atoms with Gasteiger partial charge in [-0.15, -0.1) is 11.3 Å². The van der Waals surface area contributed by atoms with Crippen LogP contribution < -0.4 is 5.32 Å². The molecule has 3 aromatic heterocycles. The molecule has 1 amide bonds. The maximum atomic E-state index is 13.0. The zero-order valence-corrected chi connectivity index (χ0v) is 15.2. The number of pyridine rings is 1. The van der Waals surface area contributed by atoms with Crippen LogP contribution in [-0.4, -0.2) is 20.6 Å². The standard InChI is InChI=1S/C20H17N3O2S/c1-12-11-13(2)21-20-16(12)17(23-9-5-6-10-23)18(26-20)19(25)22-14-7-3-4-8-15(14)24/h3-11,24H,1-2H3,(H,22,25). The first-order chi connectivity index (χ1) is 12.5. The van der Waals surface area contributed by atoms with Gasteiger partial charge in [-0.1, -0.05) is 12.1 Å². The van der Waals surface area contributed by atoms with Crippen molar-refractivity contribution in [2.75, 3.05) is 5.32 Å². The minimum atomic E-state index is -0.268. The molecule has 0 fully saturated rings. The number of fused-ring (bicyclic) bond motifs is 1. The fraction of sp³-hybridized carbons (Fsp3) is 0.100. The van der Waals surface area contributed by atoms with Gasteiger partial charge in [0.05, 0.1) is 11.4 Å². The molecule has 6 heteroatoms. The van der Waals surface area contributed by atoms with Gasteiger partial charge >= 0.3 is 0 Å². The number of benzene rings is 1. The second kappa shape index (κ2) is 6.31. The largest absolute Gasteiger partial charge is 0.506 e. The number of carbonyl (C=O) groups is 1. The molecule has 0 saturated heterocycles. The lowest BCUT2D eigenvalue weighted by atomic mass is 10.1. The molecular formula is C20H17N3O2S. The summed E-state index contributed by atoms with van der Waals surface area (Å²) in [5, 5.41) is 13.7. The first-order valence-corrected chi connectivity index (χ1v) is 8.99. The van der Waals surface area contributed by atoms with Crippen LogP contribution in [0.4, 0.5) is 5.69 Å². The maximum absolute atomic E-state index is 13.0. The van der Waals surface area contributed by atoms with Crippen molar-refractivity contribution < 1.29 is 9.90 Å². The van der Waals surface area contributed by atoms with Crippen LogP contribution in [0, 0.1) is 13.8 Å². The summed E-state index contributed by atoms with van der Waals surface area (Å²) >= 11 is 1.36. The highest BCUT2D eigenvalue weighted by atomic mass is 32.1. The number of rotatable bonds is 3. The molecule has 0 radical (unpaired) electrons. The number of phenols is 1. The average molecular weight is 363 g/mol. The van der Waals surface area contributed by atoms with Gasteiger partial charge in [-0.2, -0.15) is 0 Å². The summed E-state index contributed by atoms with van der Waals surface area (Å²) in [7, 11) is 0. The van der Waals surface area contributed by atoms with E-state index < -0.39 is 0 Å². The molecule has 5 nitrogen and oxygen atoms in total. The summed E-state index contributed by atoms with van der Waals surface area (Å²) in [6, 6.07) is 12.6. The smallest absolute Gasteiger partial charge is 0.268 e. The molecule has 0 spiro atoms. The Morgan fingerprint density at radius 1 is 1.15 bits per heavy atom. The molecule has 0 aliphatic carbocycles. The summed E-state index contributed by atoms with van der Waals surface area (Å²) < 4.78 is 1.93. The van der Waals surface area contributed by atoms with Crippen molar-refractivity contribution in [1.82, 2.24) is 9.55 Å². The maximum Gasteiger partial charge on any atom is 0.268 e. The van der Waals surface area contributed by atoms with E-state index in [1.165, 1.54) is 11.3 Å². The number of phenolic OH excluding ortho intramolecular Hbond substituents is 1. The van der Waals surface area contributed by atoms with E-state index in [1.807, 2.05) is 49.0 Å². The predicted molar refractivity (Wildman–Crippen MR) is 104 cm³/mol. The number of hydrogen-bond acceptors (Lipinski definition) is 4. The Balaban J connectivity index is 1.89. The number of carbonyl (C=O) groups excluding carboxylic acids is 1. The van der Waals surface area contributed by atoms with Crippen molar-refractivity contribution in [3.63, 3.8) is 0 Å². The highest BCUT2D eigenvalue weighted by Crippen LogP contribution is 2.36. The molecular weight excluding hydrogens is 346 g/mol. The lowest BCUT2D eigenvalue weighted by Gasteiger charge is -2.09. The lowest BCUT2D eigenvalue weighted by Crippen LogP contribution is -2.12. The molecule has 130 valence electrons. The number of aromatic nitrogens is 2. The minimum absolute atomic E-state index is 0.0367. The number of nitrogens with one attached hydrogen (secondary N) is 1. The molecule has 0 unspecified atom stereocenters. The van der Waals surface area contributed by atoms with E-state index in [0.717, 1.165) is 27.2 Å². The topological polar surface area (TPSA) is 67.2 Å². The quantitative estimate of drug-likeness (QED) is 0.520. The van der Waals surface area contributed by atoms with Crippen molar-refractivity contribution >= 4 is 33.1 Å². The van der Waals surface area contributed by atoms with E-state index in [1.54, 1.807) is 24.3 Å². The summed E-state index contributed by atoms with van der Waals surface area (Å²) in [4.78, 5) is 19.0. The number of aryl methyl sites for hydroxylation is 2. The summed E-state index contributed by atoms with van der Waals surface area (Å²) in [6.07, 6.45) is 3.83. The molecule has 0 bridgehead atoms. The molecule has 2 N–H and O–H groups in total. The van der Waals surface area contributed by atoms with Crippen LogP contribution in [0.2, 0.25) is 0 Å². The Bertz CT molecular complexity index is 1110. The minimum Gasteiger partial charge on any atom is -0.506 e. The zero-order chi connectivity index (χ0) is 18.3. The van der Waals surface area contributed by atoms with Crippen LogP contribution in [0.25, 0.3) is 15.9 Å². The summed E-state index contributed by atoms with van der Waals surface area (Å²) in [5.74, 6) is -0.232. The number of thiophene rings is 1. The second-order valence-electron chi connectivity index (χ2n) is 6.10. The van der Waals surface area contributed by atoms with Gasteiger partial charge in [-0.05, 0) is 49.7 Å². The van der Waals surface area contributed by atoms with Gasteiger partial charge in [-0.3, -0.25) is 4.79 Å². The average Bonchev–Trinajstić information content (AvgIpc) is 3.23. The third-order valence-corrected chi connectivity index (χ3v) is 5.25. The fourth-order valence-electron chi connectivity index (χ4n) is 3.07. The monoisotopic (exact) mass is 363 g/mol. The van der Waals surface area contributed by atoms with Crippen molar-refractivity contribution in [2.45, 2.75) is 13.8 Å². The van der Waals surface area contributed by atoms with Gasteiger partial charge in [0.1, 0.15) is 15.5 Å². The number of nitrogens with zero attached hydrogens (tertiary/aromatic N) is 2. The third kappa shape index (κ3) is 2.74. The molecule has 0 aliphatic rings. The van der Waals surface area contributed by atoms with Crippen molar-refractivity contribution in [1.29, 1.82) is 0 Å². The number of aromatic hydroxyl groups is 1. The van der Waals surface area contributed by atoms with E-state index in [-0.39, 0.29) is 11.7 Å². The predicted octanol–water partition coefficient (Wildman–Crippen LogP) is 4.66. The summed E-state index contributed by atoms with van der Waals surface area (Å²) in [5.41, 5.74) is 3.19. The Kier molecular flexibility index (Phi) is 3.97. The van der Waals surface area contributed by atoms with E-state index in [9.17, 15) is 9.90 Å². The second-order valence-corrected chi connectivity index (χ2v) is 7.10. The lowest BCUT2D eigenvalue weighted by molar-refractivity contribution is 0.103. The van der Waals surface area contributed by atoms with Gasteiger partial charge in [0.2, 0.25) is 0 Å². The highest BCUT2D eigenvalue weighted by molar-refractivity contribution is 7.21. The highest BCUT2D eigenvalue weighted by Gasteiger charge is 2.22. The Morgan fingerprint density at radius 3 is 2.62 bits per heavy atom. The fourth-order valence-corrected chi connectivity index (χ4v) is 4.26. The van der Waals surface area contributed by atoms with E-state index in [0.29, 0.717) is 10.6 Å². The molecule has 4 rings (SSSR count). The first kappa shape index (κ1) is 16.4. The van der Waals surface area contributed by atoms with Crippen molar-refractivity contribution in [2.24, 2.45) is 0 Å². The summed E-state index contributed by atoms with van der Waals surface area (Å²) in [6.45, 7) is 3.98. The van der Waals surface area contributed by atoms with Crippen LogP contribution in [-0.2, 0) is 0 Å². The van der Waals surface area contributed by atoms with Crippen LogP contribution in [0.3, 0.4) is 0 Å². The molecule has 0 aliphatic heterocycles. The number of anilines is 1. The number of amides is 1. The van der Waals surface area contributed by atoms with Crippen LogP contribution in [0.5, 0.6) is 5.75 Å². The van der Waals surface area contributed by atoms with E-state index in [4.69, 9.17) is 0 Å². The molecule has 0 atom stereocenters. The zero-order valence-electron chi connectivity index (χ0n) is 14.4. The van der Waals surface area contributed by atoms with Gasteiger partial charge in [0, 0.05) is 23.5 Å². The van der Waals surface area contributed by atoms with Crippen LogP contribution in [0.15, 0.2) is 54.9 Å². The molecule has 1 aromatic carbocycles. The van der Waals surface area contributed by atoms with Crippen LogP contribution in [0.1, 0.15) is 20.9 Å². The van der Waals surface area contributed by atoms with Gasteiger partial charge < -0.3 is 15.0 Å².